The first-order valence-corrected chi connectivity index (χ1v) is 6.15. The highest BCUT2D eigenvalue weighted by Crippen LogP contribution is 2.31. The smallest absolute Gasteiger partial charge is 0.240 e. The van der Waals surface area contributed by atoms with Crippen LogP contribution in [0.3, 0.4) is 0 Å². The van der Waals surface area contributed by atoms with Gasteiger partial charge in [-0.3, -0.25) is 4.79 Å². The van der Waals surface area contributed by atoms with E-state index in [9.17, 15) is 4.79 Å². The molecule has 3 nitrogen and oxygen atoms in total. The maximum atomic E-state index is 11.6. The second kappa shape index (κ2) is 4.49. The predicted octanol–water partition coefficient (Wildman–Crippen LogP) is 1.45. The number of nitrogens with two attached hydrogens (primary N) is 1. The maximum Gasteiger partial charge on any atom is 0.240 e. The summed E-state index contributed by atoms with van der Waals surface area (Å²) in [5.74, 6) is 0.00260. The van der Waals surface area contributed by atoms with Gasteiger partial charge in [-0.1, -0.05) is 23.8 Å². The Balaban J connectivity index is 1.85. The van der Waals surface area contributed by atoms with Crippen molar-refractivity contribution in [1.29, 1.82) is 0 Å². The van der Waals surface area contributed by atoms with Gasteiger partial charge in [0.25, 0.3) is 0 Å². The Kier molecular flexibility index (Phi) is 3.20. The number of amides is 1. The molecule has 0 aromatic heterocycles. The highest BCUT2D eigenvalue weighted by Gasteiger charge is 2.45. The lowest BCUT2D eigenvalue weighted by molar-refractivity contribution is -0.123. The van der Waals surface area contributed by atoms with Gasteiger partial charge in [0.1, 0.15) is 0 Å². The highest BCUT2D eigenvalue weighted by atomic mass is 16.2. The molecule has 17 heavy (non-hydrogen) atoms. The van der Waals surface area contributed by atoms with Crippen LogP contribution in [0.2, 0.25) is 0 Å². The molecule has 3 N–H and O–H groups in total. The Labute approximate surface area is 102 Å². The summed E-state index contributed by atoms with van der Waals surface area (Å²) in [4.78, 5) is 11.6. The van der Waals surface area contributed by atoms with Crippen LogP contribution in [0.1, 0.15) is 29.5 Å². The standard InChI is InChI=1S/C14H20N2O/c1-10-3-4-11(2)12(9-10)5-8-16-13(17)14(15)6-7-14/h3-4,9H,5-8,15H2,1-2H3,(H,16,17). The Morgan fingerprint density at radius 2 is 2.12 bits per heavy atom. The summed E-state index contributed by atoms with van der Waals surface area (Å²) in [6.45, 7) is 4.85. The van der Waals surface area contributed by atoms with Crippen LogP contribution in [0.15, 0.2) is 18.2 Å². The molecule has 0 radical (unpaired) electrons. The van der Waals surface area contributed by atoms with E-state index in [1.807, 2.05) is 0 Å². The summed E-state index contributed by atoms with van der Waals surface area (Å²) in [5, 5.41) is 2.92. The van der Waals surface area contributed by atoms with Gasteiger partial charge in [0, 0.05) is 6.54 Å². The molecule has 0 saturated heterocycles. The van der Waals surface area contributed by atoms with Crippen molar-refractivity contribution in [2.45, 2.75) is 38.6 Å². The summed E-state index contributed by atoms with van der Waals surface area (Å²) < 4.78 is 0. The summed E-state index contributed by atoms with van der Waals surface area (Å²) in [5.41, 5.74) is 9.09. The van der Waals surface area contributed by atoms with Crippen molar-refractivity contribution in [3.05, 3.63) is 34.9 Å². The Morgan fingerprint density at radius 3 is 2.76 bits per heavy atom. The van der Waals surface area contributed by atoms with Gasteiger partial charge in [-0.2, -0.15) is 0 Å². The largest absolute Gasteiger partial charge is 0.354 e. The number of carbonyl (C=O) groups is 1. The molecular formula is C14H20N2O. The van der Waals surface area contributed by atoms with Crippen molar-refractivity contribution in [2.75, 3.05) is 6.54 Å². The minimum Gasteiger partial charge on any atom is -0.354 e. The van der Waals surface area contributed by atoms with Crippen LogP contribution < -0.4 is 11.1 Å². The van der Waals surface area contributed by atoms with Crippen LogP contribution in [0.5, 0.6) is 0 Å². The second-order valence-corrected chi connectivity index (χ2v) is 5.09. The Morgan fingerprint density at radius 1 is 1.41 bits per heavy atom. The molecule has 1 aliphatic carbocycles. The zero-order valence-corrected chi connectivity index (χ0v) is 10.5. The number of rotatable bonds is 4. The molecule has 1 aliphatic rings. The fourth-order valence-corrected chi connectivity index (χ4v) is 1.92. The normalized spacial score (nSPS) is 16.6. The molecule has 92 valence electrons. The van der Waals surface area contributed by atoms with E-state index in [1.54, 1.807) is 0 Å². The number of hydrogen-bond donors (Lipinski definition) is 2. The van der Waals surface area contributed by atoms with E-state index in [4.69, 9.17) is 5.73 Å². The molecule has 2 rings (SSSR count). The van der Waals surface area contributed by atoms with Crippen LogP contribution in [-0.2, 0) is 11.2 Å². The molecule has 1 aromatic rings. The maximum absolute atomic E-state index is 11.6. The molecule has 1 aromatic carbocycles. The average molecular weight is 232 g/mol. The first-order chi connectivity index (χ1) is 8.01. The minimum atomic E-state index is -0.554. The highest BCUT2D eigenvalue weighted by molar-refractivity contribution is 5.88. The number of nitrogens with one attached hydrogen (secondary N) is 1. The molecule has 0 bridgehead atoms. The first-order valence-electron chi connectivity index (χ1n) is 6.15. The molecule has 1 fully saturated rings. The van der Waals surface area contributed by atoms with Crippen LogP contribution in [-0.4, -0.2) is 18.0 Å². The number of benzene rings is 1. The third kappa shape index (κ3) is 2.86. The van der Waals surface area contributed by atoms with Crippen LogP contribution in [0, 0.1) is 13.8 Å². The van der Waals surface area contributed by atoms with Crippen molar-refractivity contribution >= 4 is 5.91 Å². The molecular weight excluding hydrogens is 212 g/mol. The van der Waals surface area contributed by atoms with Gasteiger partial charge in [0.2, 0.25) is 5.91 Å². The number of hydrogen-bond acceptors (Lipinski definition) is 2. The SMILES string of the molecule is Cc1ccc(C)c(CCNC(=O)C2(N)CC2)c1. The van der Waals surface area contributed by atoms with Crippen LogP contribution in [0.4, 0.5) is 0 Å². The van der Waals surface area contributed by atoms with E-state index in [2.05, 4.69) is 37.4 Å². The lowest BCUT2D eigenvalue weighted by Gasteiger charge is -2.11. The molecule has 0 aliphatic heterocycles. The van der Waals surface area contributed by atoms with Crippen molar-refractivity contribution in [3.8, 4) is 0 Å². The van der Waals surface area contributed by atoms with Gasteiger partial charge in [0.05, 0.1) is 5.54 Å². The van der Waals surface area contributed by atoms with Crippen molar-refractivity contribution in [2.24, 2.45) is 5.73 Å². The van der Waals surface area contributed by atoms with Gasteiger partial charge < -0.3 is 11.1 Å². The molecule has 0 heterocycles. The van der Waals surface area contributed by atoms with Gasteiger partial charge in [-0.05, 0) is 44.2 Å². The van der Waals surface area contributed by atoms with Crippen molar-refractivity contribution in [1.82, 2.24) is 5.32 Å². The summed E-state index contributed by atoms with van der Waals surface area (Å²) in [6.07, 6.45) is 2.51. The second-order valence-electron chi connectivity index (χ2n) is 5.09. The summed E-state index contributed by atoms with van der Waals surface area (Å²) >= 11 is 0. The molecule has 1 saturated carbocycles. The van der Waals surface area contributed by atoms with E-state index in [0.717, 1.165) is 19.3 Å². The van der Waals surface area contributed by atoms with Gasteiger partial charge in [-0.15, -0.1) is 0 Å². The lowest BCUT2D eigenvalue weighted by Crippen LogP contribution is -2.43. The zero-order chi connectivity index (χ0) is 12.5. The average Bonchev–Trinajstić information content (AvgIpc) is 3.03. The monoisotopic (exact) mass is 232 g/mol. The van der Waals surface area contributed by atoms with Gasteiger partial charge in [0.15, 0.2) is 0 Å². The molecule has 0 spiro atoms. The van der Waals surface area contributed by atoms with Crippen molar-refractivity contribution < 1.29 is 4.79 Å². The third-order valence-electron chi connectivity index (χ3n) is 3.43. The first kappa shape index (κ1) is 12.1. The van der Waals surface area contributed by atoms with E-state index in [1.165, 1.54) is 16.7 Å². The number of carbonyl (C=O) groups excluding carboxylic acids is 1. The topological polar surface area (TPSA) is 55.1 Å². The van der Waals surface area contributed by atoms with E-state index in [-0.39, 0.29) is 5.91 Å². The van der Waals surface area contributed by atoms with E-state index >= 15 is 0 Å². The van der Waals surface area contributed by atoms with Crippen LogP contribution in [0.25, 0.3) is 0 Å². The Bertz CT molecular complexity index is 436. The lowest BCUT2D eigenvalue weighted by atomic mass is 10.0. The molecule has 1 amide bonds. The quantitative estimate of drug-likeness (QED) is 0.825. The molecule has 0 unspecified atom stereocenters. The summed E-state index contributed by atoms with van der Waals surface area (Å²) in [7, 11) is 0. The zero-order valence-electron chi connectivity index (χ0n) is 10.5. The van der Waals surface area contributed by atoms with Gasteiger partial charge >= 0.3 is 0 Å². The van der Waals surface area contributed by atoms with E-state index in [0.29, 0.717) is 6.54 Å². The number of aryl methyl sites for hydroxylation is 2. The summed E-state index contributed by atoms with van der Waals surface area (Å²) in [6, 6.07) is 6.41. The van der Waals surface area contributed by atoms with E-state index < -0.39 is 5.54 Å². The van der Waals surface area contributed by atoms with Gasteiger partial charge in [-0.25, -0.2) is 0 Å². The fraction of sp³-hybridized carbons (Fsp3) is 0.500. The molecule has 0 atom stereocenters. The predicted molar refractivity (Wildman–Crippen MR) is 68.8 cm³/mol. The fourth-order valence-electron chi connectivity index (χ4n) is 1.92. The Hall–Kier alpha value is -1.35. The minimum absolute atomic E-state index is 0.00260. The van der Waals surface area contributed by atoms with Crippen molar-refractivity contribution in [3.63, 3.8) is 0 Å². The third-order valence-corrected chi connectivity index (χ3v) is 3.43. The molecule has 3 heteroatoms. The van der Waals surface area contributed by atoms with Crippen LogP contribution >= 0.6 is 0 Å².